The van der Waals surface area contributed by atoms with Gasteiger partial charge in [-0.25, -0.2) is 0 Å². The molecule has 1 aliphatic rings. The molecular weight excluding hydrogens is 152 g/mol. The molecule has 70 valence electrons. The van der Waals surface area contributed by atoms with Crippen molar-refractivity contribution in [2.75, 3.05) is 13.1 Å². The molecule has 0 aromatic rings. The van der Waals surface area contributed by atoms with Crippen molar-refractivity contribution in [3.05, 3.63) is 0 Å². The lowest BCUT2D eigenvalue weighted by molar-refractivity contribution is -0.131. The summed E-state index contributed by atoms with van der Waals surface area (Å²) in [6, 6.07) is 0. The molecule has 1 fully saturated rings. The molecule has 1 saturated heterocycles. The highest BCUT2D eigenvalue weighted by Crippen LogP contribution is 2.12. The first kappa shape index (κ1) is 9.52. The van der Waals surface area contributed by atoms with E-state index in [1.807, 2.05) is 18.7 Å². The summed E-state index contributed by atoms with van der Waals surface area (Å²) in [5.41, 5.74) is 5.40. The van der Waals surface area contributed by atoms with E-state index in [0.29, 0.717) is 6.42 Å². The van der Waals surface area contributed by atoms with Gasteiger partial charge in [0, 0.05) is 25.0 Å². The quantitative estimate of drug-likeness (QED) is 0.664. The monoisotopic (exact) mass is 170 g/mol. The van der Waals surface area contributed by atoms with E-state index in [2.05, 4.69) is 0 Å². The maximum atomic E-state index is 11.5. The summed E-state index contributed by atoms with van der Waals surface area (Å²) >= 11 is 0. The first-order valence-corrected chi connectivity index (χ1v) is 4.56. The molecule has 1 rings (SSSR count). The fourth-order valence-corrected chi connectivity index (χ4v) is 1.47. The summed E-state index contributed by atoms with van der Waals surface area (Å²) in [7, 11) is 0. The molecule has 0 spiro atoms. The Balaban J connectivity index is 2.37. The fraction of sp³-hybridized carbons (Fsp3) is 0.889. The van der Waals surface area contributed by atoms with E-state index in [0.717, 1.165) is 25.9 Å². The number of amides is 1. The van der Waals surface area contributed by atoms with Crippen LogP contribution in [-0.4, -0.2) is 29.4 Å². The Hall–Kier alpha value is -0.570. The van der Waals surface area contributed by atoms with E-state index in [9.17, 15) is 4.79 Å². The zero-order valence-electron chi connectivity index (χ0n) is 7.97. The summed E-state index contributed by atoms with van der Waals surface area (Å²) in [5.74, 6) is 0.208. The maximum Gasteiger partial charge on any atom is 0.224 e. The molecule has 1 heterocycles. The number of rotatable bonds is 2. The van der Waals surface area contributed by atoms with Gasteiger partial charge in [-0.1, -0.05) is 0 Å². The van der Waals surface area contributed by atoms with E-state index in [1.54, 1.807) is 0 Å². The second-order valence-corrected chi connectivity index (χ2v) is 4.25. The van der Waals surface area contributed by atoms with E-state index in [4.69, 9.17) is 5.73 Å². The van der Waals surface area contributed by atoms with Crippen LogP contribution in [-0.2, 0) is 4.79 Å². The van der Waals surface area contributed by atoms with Crippen LogP contribution in [0.15, 0.2) is 0 Å². The van der Waals surface area contributed by atoms with Crippen molar-refractivity contribution >= 4 is 5.91 Å². The first-order chi connectivity index (χ1) is 5.49. The maximum absolute atomic E-state index is 11.5. The highest BCUT2D eigenvalue weighted by Gasteiger charge is 2.23. The molecule has 2 N–H and O–H groups in total. The molecule has 0 saturated carbocycles. The van der Waals surface area contributed by atoms with Gasteiger partial charge in [-0.05, 0) is 26.7 Å². The van der Waals surface area contributed by atoms with Gasteiger partial charge >= 0.3 is 0 Å². The van der Waals surface area contributed by atoms with Gasteiger partial charge < -0.3 is 10.6 Å². The molecule has 3 nitrogen and oxygen atoms in total. The number of nitrogens with zero attached hydrogens (tertiary/aromatic N) is 1. The molecule has 1 amide bonds. The van der Waals surface area contributed by atoms with Gasteiger partial charge in [0.2, 0.25) is 5.91 Å². The third-order valence-electron chi connectivity index (χ3n) is 2.07. The van der Waals surface area contributed by atoms with Crippen LogP contribution in [0.5, 0.6) is 0 Å². The Bertz CT molecular complexity index is 166. The van der Waals surface area contributed by atoms with Crippen LogP contribution in [0.4, 0.5) is 0 Å². The first-order valence-electron chi connectivity index (χ1n) is 4.56. The third kappa shape index (κ3) is 2.81. The highest BCUT2D eigenvalue weighted by molar-refractivity contribution is 5.77. The van der Waals surface area contributed by atoms with Gasteiger partial charge in [-0.3, -0.25) is 4.79 Å². The zero-order chi connectivity index (χ0) is 9.19. The Labute approximate surface area is 73.9 Å². The van der Waals surface area contributed by atoms with E-state index >= 15 is 0 Å². The number of carbonyl (C=O) groups is 1. The lowest BCUT2D eigenvalue weighted by atomic mass is 10.0. The van der Waals surface area contributed by atoms with Crippen LogP contribution >= 0.6 is 0 Å². The molecule has 0 atom stereocenters. The lowest BCUT2D eigenvalue weighted by Crippen LogP contribution is -2.40. The highest BCUT2D eigenvalue weighted by atomic mass is 16.2. The van der Waals surface area contributed by atoms with Crippen LogP contribution in [0.2, 0.25) is 0 Å². The van der Waals surface area contributed by atoms with Crippen molar-refractivity contribution in [3.63, 3.8) is 0 Å². The Morgan fingerprint density at radius 2 is 1.92 bits per heavy atom. The van der Waals surface area contributed by atoms with Gasteiger partial charge in [-0.15, -0.1) is 0 Å². The molecular formula is C9H18N2O. The summed E-state index contributed by atoms with van der Waals surface area (Å²) in [6.45, 7) is 5.63. The molecule has 0 unspecified atom stereocenters. The molecule has 0 bridgehead atoms. The van der Waals surface area contributed by atoms with Crippen molar-refractivity contribution in [2.45, 2.75) is 38.6 Å². The van der Waals surface area contributed by atoms with Crippen molar-refractivity contribution in [1.82, 2.24) is 4.90 Å². The standard InChI is InChI=1S/C9H18N2O/c1-9(2,10)7-8(12)11-5-3-4-6-11/h3-7,10H2,1-2H3. The van der Waals surface area contributed by atoms with Crippen LogP contribution < -0.4 is 5.73 Å². The minimum absolute atomic E-state index is 0.208. The number of nitrogens with two attached hydrogens (primary N) is 1. The van der Waals surface area contributed by atoms with Gasteiger partial charge in [0.15, 0.2) is 0 Å². The van der Waals surface area contributed by atoms with Crippen LogP contribution in [0.25, 0.3) is 0 Å². The average Bonchev–Trinajstić information content (AvgIpc) is 2.32. The molecule has 1 aliphatic heterocycles. The second-order valence-electron chi connectivity index (χ2n) is 4.25. The van der Waals surface area contributed by atoms with E-state index < -0.39 is 0 Å². The summed E-state index contributed by atoms with van der Waals surface area (Å²) in [6.07, 6.45) is 2.76. The minimum atomic E-state index is -0.361. The Morgan fingerprint density at radius 1 is 1.42 bits per heavy atom. The fourth-order valence-electron chi connectivity index (χ4n) is 1.47. The van der Waals surface area contributed by atoms with Crippen molar-refractivity contribution in [1.29, 1.82) is 0 Å². The van der Waals surface area contributed by atoms with Gasteiger partial charge in [-0.2, -0.15) is 0 Å². The third-order valence-corrected chi connectivity index (χ3v) is 2.07. The molecule has 12 heavy (non-hydrogen) atoms. The Morgan fingerprint density at radius 3 is 2.33 bits per heavy atom. The normalized spacial score (nSPS) is 18.4. The van der Waals surface area contributed by atoms with E-state index in [-0.39, 0.29) is 11.4 Å². The zero-order valence-corrected chi connectivity index (χ0v) is 7.97. The van der Waals surface area contributed by atoms with Crippen molar-refractivity contribution < 1.29 is 4.79 Å². The largest absolute Gasteiger partial charge is 0.343 e. The van der Waals surface area contributed by atoms with Crippen molar-refractivity contribution in [3.8, 4) is 0 Å². The molecule has 0 radical (unpaired) electrons. The van der Waals surface area contributed by atoms with Crippen LogP contribution in [0.1, 0.15) is 33.1 Å². The van der Waals surface area contributed by atoms with Crippen molar-refractivity contribution in [2.24, 2.45) is 5.73 Å². The predicted molar refractivity (Wildman–Crippen MR) is 48.7 cm³/mol. The number of carbonyl (C=O) groups excluding carboxylic acids is 1. The van der Waals surface area contributed by atoms with E-state index in [1.165, 1.54) is 0 Å². The molecule has 0 aliphatic carbocycles. The van der Waals surface area contributed by atoms with Gasteiger partial charge in [0.1, 0.15) is 0 Å². The van der Waals surface area contributed by atoms with Crippen LogP contribution in [0, 0.1) is 0 Å². The number of hydrogen-bond acceptors (Lipinski definition) is 2. The average molecular weight is 170 g/mol. The molecule has 0 aromatic carbocycles. The number of likely N-dealkylation sites (tertiary alicyclic amines) is 1. The molecule has 0 aromatic heterocycles. The topological polar surface area (TPSA) is 46.3 Å². The van der Waals surface area contributed by atoms with Gasteiger partial charge in [0.25, 0.3) is 0 Å². The second kappa shape index (κ2) is 3.44. The SMILES string of the molecule is CC(C)(N)CC(=O)N1CCCC1. The summed E-state index contributed by atoms with van der Waals surface area (Å²) in [5, 5.41) is 0. The summed E-state index contributed by atoms with van der Waals surface area (Å²) < 4.78 is 0. The Kier molecular flexibility index (Phi) is 2.73. The lowest BCUT2D eigenvalue weighted by Gasteiger charge is -2.22. The smallest absolute Gasteiger partial charge is 0.224 e. The van der Waals surface area contributed by atoms with Gasteiger partial charge in [0.05, 0.1) is 0 Å². The summed E-state index contributed by atoms with van der Waals surface area (Å²) in [4.78, 5) is 13.4. The van der Waals surface area contributed by atoms with Crippen LogP contribution in [0.3, 0.4) is 0 Å². The number of hydrogen-bond donors (Lipinski definition) is 1. The predicted octanol–water partition coefficient (Wildman–Crippen LogP) is 0.736. The minimum Gasteiger partial charge on any atom is -0.343 e. The molecule has 3 heteroatoms.